The third kappa shape index (κ3) is 4.16. The summed E-state index contributed by atoms with van der Waals surface area (Å²) < 4.78 is 0. The van der Waals surface area contributed by atoms with Crippen LogP contribution >= 0.6 is 0 Å². The first kappa shape index (κ1) is 13.7. The number of nitrogens with zero attached hydrogens (tertiary/aromatic N) is 2. The number of nitrogens with one attached hydrogen (secondary N) is 2. The van der Waals surface area contributed by atoms with Gasteiger partial charge in [-0.2, -0.15) is 0 Å². The zero-order valence-corrected chi connectivity index (χ0v) is 11.0. The van der Waals surface area contributed by atoms with Gasteiger partial charge in [-0.25, -0.2) is 9.97 Å². The van der Waals surface area contributed by atoms with Crippen molar-refractivity contribution in [2.45, 2.75) is 13.3 Å². The molecule has 2 N–H and O–H groups in total. The summed E-state index contributed by atoms with van der Waals surface area (Å²) in [6.07, 6.45) is 3.34. The number of rotatable bonds is 4. The highest BCUT2D eigenvalue weighted by Crippen LogP contribution is 2.10. The second-order valence-electron chi connectivity index (χ2n) is 4.18. The first-order valence-corrected chi connectivity index (χ1v) is 6.07. The molecule has 0 fully saturated rings. The van der Waals surface area contributed by atoms with Gasteiger partial charge >= 0.3 is 0 Å². The fourth-order valence-electron chi connectivity index (χ4n) is 1.63. The van der Waals surface area contributed by atoms with E-state index in [1.54, 1.807) is 42.7 Å². The Morgan fingerprint density at radius 2 is 1.70 bits per heavy atom. The normalized spacial score (nSPS) is 9.85. The van der Waals surface area contributed by atoms with E-state index in [1.165, 1.54) is 6.92 Å². The minimum Gasteiger partial charge on any atom is -0.326 e. The summed E-state index contributed by atoms with van der Waals surface area (Å²) in [6, 6.07) is 8.76. The van der Waals surface area contributed by atoms with Crippen LogP contribution in [-0.4, -0.2) is 21.8 Å². The van der Waals surface area contributed by atoms with Crippen LogP contribution in [0.25, 0.3) is 0 Å². The van der Waals surface area contributed by atoms with Crippen LogP contribution in [0.3, 0.4) is 0 Å². The third-order valence-corrected chi connectivity index (χ3v) is 2.46. The lowest BCUT2D eigenvalue weighted by Gasteiger charge is -2.05. The number of hydrogen-bond donors (Lipinski definition) is 2. The number of carbonyl (C=O) groups is 2. The second-order valence-corrected chi connectivity index (χ2v) is 4.18. The van der Waals surface area contributed by atoms with Crippen molar-refractivity contribution < 1.29 is 9.59 Å². The van der Waals surface area contributed by atoms with Crippen molar-refractivity contribution in [2.24, 2.45) is 0 Å². The van der Waals surface area contributed by atoms with E-state index in [0.29, 0.717) is 5.69 Å². The van der Waals surface area contributed by atoms with E-state index in [4.69, 9.17) is 0 Å². The highest BCUT2D eigenvalue weighted by atomic mass is 16.2. The van der Waals surface area contributed by atoms with Gasteiger partial charge in [0.05, 0.1) is 6.42 Å². The van der Waals surface area contributed by atoms with Gasteiger partial charge in [0.2, 0.25) is 17.8 Å². The molecule has 0 aliphatic heterocycles. The highest BCUT2D eigenvalue weighted by Gasteiger charge is 2.05. The SMILES string of the molecule is CC(=O)Nc1ccc(CC(=O)Nc2ncccn2)cc1. The van der Waals surface area contributed by atoms with E-state index in [-0.39, 0.29) is 24.2 Å². The topological polar surface area (TPSA) is 84.0 Å². The van der Waals surface area contributed by atoms with Crippen molar-refractivity contribution in [3.8, 4) is 0 Å². The first-order chi connectivity index (χ1) is 9.63. The number of hydrogen-bond acceptors (Lipinski definition) is 4. The monoisotopic (exact) mass is 270 g/mol. The third-order valence-electron chi connectivity index (χ3n) is 2.46. The van der Waals surface area contributed by atoms with Crippen molar-refractivity contribution in [1.29, 1.82) is 0 Å². The van der Waals surface area contributed by atoms with Gasteiger partial charge in [-0.15, -0.1) is 0 Å². The Hall–Kier alpha value is -2.76. The van der Waals surface area contributed by atoms with Crippen LogP contribution in [0.4, 0.5) is 11.6 Å². The van der Waals surface area contributed by atoms with Crippen molar-refractivity contribution in [2.75, 3.05) is 10.6 Å². The van der Waals surface area contributed by atoms with Gasteiger partial charge in [0.25, 0.3) is 0 Å². The van der Waals surface area contributed by atoms with E-state index in [0.717, 1.165) is 5.56 Å². The predicted octanol–water partition coefficient (Wildman–Crippen LogP) is 1.62. The number of aromatic nitrogens is 2. The molecular formula is C14H14N4O2. The Balaban J connectivity index is 1.93. The van der Waals surface area contributed by atoms with Crippen LogP contribution in [0, 0.1) is 0 Å². The van der Waals surface area contributed by atoms with Gasteiger partial charge in [0.15, 0.2) is 0 Å². The lowest BCUT2D eigenvalue weighted by Crippen LogP contribution is -2.16. The quantitative estimate of drug-likeness (QED) is 0.884. The Morgan fingerprint density at radius 1 is 1.05 bits per heavy atom. The molecule has 1 aromatic heterocycles. The van der Waals surface area contributed by atoms with E-state index < -0.39 is 0 Å². The molecule has 6 heteroatoms. The Morgan fingerprint density at radius 3 is 2.30 bits per heavy atom. The van der Waals surface area contributed by atoms with Gasteiger partial charge in [0.1, 0.15) is 0 Å². The number of anilines is 2. The predicted molar refractivity (Wildman–Crippen MR) is 75.1 cm³/mol. The molecule has 0 unspecified atom stereocenters. The van der Waals surface area contributed by atoms with Crippen LogP contribution in [-0.2, 0) is 16.0 Å². The van der Waals surface area contributed by atoms with Crippen LogP contribution in [0.1, 0.15) is 12.5 Å². The highest BCUT2D eigenvalue weighted by molar-refractivity contribution is 5.91. The van der Waals surface area contributed by atoms with Crippen LogP contribution in [0.2, 0.25) is 0 Å². The second kappa shape index (κ2) is 6.42. The molecule has 0 spiro atoms. The molecular weight excluding hydrogens is 256 g/mol. The molecule has 2 aromatic rings. The van der Waals surface area contributed by atoms with Gasteiger partial charge in [0, 0.05) is 25.0 Å². The van der Waals surface area contributed by atoms with Crippen LogP contribution < -0.4 is 10.6 Å². The molecule has 2 rings (SSSR count). The zero-order valence-electron chi connectivity index (χ0n) is 11.0. The average molecular weight is 270 g/mol. The standard InChI is InChI=1S/C14H14N4O2/c1-10(19)17-12-5-3-11(4-6-12)9-13(20)18-14-15-7-2-8-16-14/h2-8H,9H2,1H3,(H,17,19)(H,15,16,18,20). The molecule has 6 nitrogen and oxygen atoms in total. The fourth-order valence-corrected chi connectivity index (χ4v) is 1.63. The van der Waals surface area contributed by atoms with Crippen LogP contribution in [0.5, 0.6) is 0 Å². The summed E-state index contributed by atoms with van der Waals surface area (Å²) in [4.78, 5) is 30.5. The smallest absolute Gasteiger partial charge is 0.231 e. The molecule has 0 aliphatic carbocycles. The Labute approximate surface area is 116 Å². The van der Waals surface area contributed by atoms with Gasteiger partial charge in [-0.05, 0) is 23.8 Å². The molecule has 0 radical (unpaired) electrons. The van der Waals surface area contributed by atoms with Crippen molar-refractivity contribution in [1.82, 2.24) is 9.97 Å². The number of carbonyl (C=O) groups excluding carboxylic acids is 2. The van der Waals surface area contributed by atoms with E-state index >= 15 is 0 Å². The molecule has 1 heterocycles. The maximum Gasteiger partial charge on any atom is 0.231 e. The molecule has 0 saturated heterocycles. The van der Waals surface area contributed by atoms with E-state index in [9.17, 15) is 9.59 Å². The van der Waals surface area contributed by atoms with Crippen molar-refractivity contribution in [3.05, 3.63) is 48.3 Å². The largest absolute Gasteiger partial charge is 0.326 e. The molecule has 0 saturated carbocycles. The van der Waals surface area contributed by atoms with Gasteiger partial charge in [-0.3, -0.25) is 14.9 Å². The van der Waals surface area contributed by atoms with E-state index in [2.05, 4.69) is 20.6 Å². The summed E-state index contributed by atoms with van der Waals surface area (Å²) >= 11 is 0. The lowest BCUT2D eigenvalue weighted by atomic mass is 10.1. The van der Waals surface area contributed by atoms with Gasteiger partial charge in [-0.1, -0.05) is 12.1 Å². The molecule has 0 atom stereocenters. The fraction of sp³-hybridized carbons (Fsp3) is 0.143. The minimum atomic E-state index is -0.191. The summed E-state index contributed by atoms with van der Waals surface area (Å²) in [7, 11) is 0. The lowest BCUT2D eigenvalue weighted by molar-refractivity contribution is -0.116. The molecule has 0 aliphatic rings. The maximum absolute atomic E-state index is 11.8. The number of amides is 2. The van der Waals surface area contributed by atoms with Crippen molar-refractivity contribution in [3.63, 3.8) is 0 Å². The number of benzene rings is 1. The maximum atomic E-state index is 11.8. The van der Waals surface area contributed by atoms with Gasteiger partial charge < -0.3 is 5.32 Å². The summed E-state index contributed by atoms with van der Waals surface area (Å²) in [6.45, 7) is 1.45. The molecule has 0 bridgehead atoms. The summed E-state index contributed by atoms with van der Waals surface area (Å²) in [5.41, 5.74) is 1.54. The molecule has 1 aromatic carbocycles. The molecule has 20 heavy (non-hydrogen) atoms. The molecule has 2 amide bonds. The average Bonchev–Trinajstić information content (AvgIpc) is 2.41. The van der Waals surface area contributed by atoms with Crippen LogP contribution in [0.15, 0.2) is 42.7 Å². The zero-order chi connectivity index (χ0) is 14.4. The molecule has 102 valence electrons. The first-order valence-electron chi connectivity index (χ1n) is 6.07. The summed E-state index contributed by atoms with van der Waals surface area (Å²) in [5.74, 6) is -0.0347. The Bertz CT molecular complexity index is 596. The Kier molecular flexibility index (Phi) is 4.39. The summed E-state index contributed by atoms with van der Waals surface area (Å²) in [5, 5.41) is 5.27. The van der Waals surface area contributed by atoms with Crippen molar-refractivity contribution >= 4 is 23.5 Å². The minimum absolute atomic E-state index is 0.128. The van der Waals surface area contributed by atoms with E-state index in [1.807, 2.05) is 0 Å².